The first-order valence-corrected chi connectivity index (χ1v) is 6.11. The lowest BCUT2D eigenvalue weighted by atomic mass is 10.0. The molecule has 0 amide bonds. The van der Waals surface area contributed by atoms with Crippen LogP contribution in [0.25, 0.3) is 0 Å². The molecule has 0 atom stereocenters. The Morgan fingerprint density at radius 1 is 1.27 bits per heavy atom. The van der Waals surface area contributed by atoms with E-state index in [1.54, 1.807) is 7.11 Å². The maximum Gasteiger partial charge on any atom is 0.0589 e. The van der Waals surface area contributed by atoms with Crippen LogP contribution < -0.4 is 0 Å². The highest BCUT2D eigenvalue weighted by atomic mass is 16.5. The van der Waals surface area contributed by atoms with Gasteiger partial charge in [-0.3, -0.25) is 0 Å². The molecule has 0 spiro atoms. The van der Waals surface area contributed by atoms with E-state index in [-0.39, 0.29) is 0 Å². The predicted molar refractivity (Wildman–Crippen MR) is 66.4 cm³/mol. The van der Waals surface area contributed by atoms with Gasteiger partial charge in [0.25, 0.3) is 0 Å². The Bertz CT molecular complexity index is 134. The maximum atomic E-state index is 5.07. The summed E-state index contributed by atoms with van der Waals surface area (Å²) in [6, 6.07) is 0.770. The number of ether oxygens (including phenoxy) is 1. The van der Waals surface area contributed by atoms with Gasteiger partial charge in [-0.2, -0.15) is 0 Å². The van der Waals surface area contributed by atoms with Gasteiger partial charge < -0.3 is 14.5 Å². The summed E-state index contributed by atoms with van der Waals surface area (Å²) in [7, 11) is 6.17. The van der Waals surface area contributed by atoms with Gasteiger partial charge in [0.15, 0.2) is 0 Å². The van der Waals surface area contributed by atoms with Crippen LogP contribution in [0.2, 0.25) is 0 Å². The Kier molecular flexibility index (Phi) is 9.06. The van der Waals surface area contributed by atoms with E-state index in [2.05, 4.69) is 23.9 Å². The third kappa shape index (κ3) is 6.13. The molecule has 1 heterocycles. The molecule has 0 saturated carbocycles. The van der Waals surface area contributed by atoms with E-state index < -0.39 is 0 Å². The lowest BCUT2D eigenvalue weighted by Gasteiger charge is -2.34. The monoisotopic (exact) mass is 216 g/mol. The Morgan fingerprint density at radius 3 is 2.27 bits per heavy atom. The van der Waals surface area contributed by atoms with Gasteiger partial charge in [0.2, 0.25) is 0 Å². The van der Waals surface area contributed by atoms with Crippen LogP contribution in [0, 0.1) is 0 Å². The number of hydrogen-bond acceptors (Lipinski definition) is 3. The number of piperidine rings is 1. The third-order valence-corrected chi connectivity index (χ3v) is 2.96. The van der Waals surface area contributed by atoms with Gasteiger partial charge in [0, 0.05) is 19.7 Å². The van der Waals surface area contributed by atoms with Crippen LogP contribution in [0.4, 0.5) is 0 Å². The summed E-state index contributed by atoms with van der Waals surface area (Å²) < 4.78 is 5.07. The molecule has 92 valence electrons. The maximum absolute atomic E-state index is 5.07. The second-order valence-corrected chi connectivity index (χ2v) is 4.01. The fourth-order valence-corrected chi connectivity index (χ4v) is 1.85. The highest BCUT2D eigenvalue weighted by molar-refractivity contribution is 4.76. The molecule has 1 saturated heterocycles. The van der Waals surface area contributed by atoms with Crippen molar-refractivity contribution in [3.05, 3.63) is 0 Å². The van der Waals surface area contributed by atoms with Crippen molar-refractivity contribution in [3.63, 3.8) is 0 Å². The van der Waals surface area contributed by atoms with Gasteiger partial charge in [-0.05, 0) is 40.0 Å². The highest BCUT2D eigenvalue weighted by Gasteiger charge is 2.19. The summed E-state index contributed by atoms with van der Waals surface area (Å²) in [6.07, 6.45) is 2.60. The van der Waals surface area contributed by atoms with Gasteiger partial charge >= 0.3 is 0 Å². The van der Waals surface area contributed by atoms with Crippen LogP contribution >= 0.6 is 0 Å². The normalized spacial score (nSPS) is 18.8. The Labute approximate surface area is 95.4 Å². The number of likely N-dealkylation sites (tertiary alicyclic amines) is 1. The van der Waals surface area contributed by atoms with Crippen molar-refractivity contribution >= 4 is 0 Å². The molecule has 0 aliphatic carbocycles. The minimum Gasteiger partial charge on any atom is -0.383 e. The van der Waals surface area contributed by atoms with E-state index in [0.29, 0.717) is 0 Å². The molecule has 15 heavy (non-hydrogen) atoms. The third-order valence-electron chi connectivity index (χ3n) is 2.96. The molecule has 0 N–H and O–H groups in total. The summed E-state index contributed by atoms with van der Waals surface area (Å²) in [5.74, 6) is 0. The Morgan fingerprint density at radius 2 is 1.80 bits per heavy atom. The molecule has 0 aromatic carbocycles. The Balaban J connectivity index is 0.000000921. The van der Waals surface area contributed by atoms with E-state index in [1.165, 1.54) is 25.9 Å². The second-order valence-electron chi connectivity index (χ2n) is 4.01. The van der Waals surface area contributed by atoms with Gasteiger partial charge in [-0.15, -0.1) is 0 Å². The molecule has 0 bridgehead atoms. The smallest absolute Gasteiger partial charge is 0.0589 e. The standard InChI is InChI=1S/C10H22N2O.C2H6/c1-11-6-4-10(5-7-11)12(2)8-9-13-3;1-2/h10H,4-9H2,1-3H3;1-2H3. The van der Waals surface area contributed by atoms with Crippen molar-refractivity contribution in [2.45, 2.75) is 32.7 Å². The average Bonchev–Trinajstić information content (AvgIpc) is 2.29. The largest absolute Gasteiger partial charge is 0.383 e. The van der Waals surface area contributed by atoms with Crippen molar-refractivity contribution in [2.75, 3.05) is 47.4 Å². The van der Waals surface area contributed by atoms with Crippen LogP contribution in [0.1, 0.15) is 26.7 Å². The molecule has 1 rings (SSSR count). The van der Waals surface area contributed by atoms with E-state index in [0.717, 1.165) is 19.2 Å². The van der Waals surface area contributed by atoms with Gasteiger partial charge in [0.1, 0.15) is 0 Å². The number of likely N-dealkylation sites (N-methyl/N-ethyl adjacent to an activating group) is 1. The van der Waals surface area contributed by atoms with Crippen LogP contribution in [0.15, 0.2) is 0 Å². The van der Waals surface area contributed by atoms with Crippen molar-refractivity contribution in [3.8, 4) is 0 Å². The summed E-state index contributed by atoms with van der Waals surface area (Å²) in [5.41, 5.74) is 0. The summed E-state index contributed by atoms with van der Waals surface area (Å²) >= 11 is 0. The van der Waals surface area contributed by atoms with Crippen molar-refractivity contribution in [1.29, 1.82) is 0 Å². The van der Waals surface area contributed by atoms with Gasteiger partial charge in [0.05, 0.1) is 6.61 Å². The lowest BCUT2D eigenvalue weighted by molar-refractivity contribution is 0.105. The Hall–Kier alpha value is -0.120. The molecule has 0 radical (unpaired) electrons. The molecule has 1 fully saturated rings. The lowest BCUT2D eigenvalue weighted by Crippen LogP contribution is -2.42. The molecule has 1 aliphatic heterocycles. The molecule has 3 nitrogen and oxygen atoms in total. The number of rotatable bonds is 4. The first-order chi connectivity index (χ1) is 7.24. The number of hydrogen-bond donors (Lipinski definition) is 0. The zero-order valence-corrected chi connectivity index (χ0v) is 11.1. The SMILES string of the molecule is CC.COCCN(C)C1CCN(C)CC1. The fraction of sp³-hybridized carbons (Fsp3) is 1.00. The van der Waals surface area contributed by atoms with E-state index in [1.807, 2.05) is 13.8 Å². The first kappa shape index (κ1) is 14.9. The molecule has 0 aromatic rings. The number of methoxy groups -OCH3 is 1. The molecule has 3 heteroatoms. The number of nitrogens with zero attached hydrogens (tertiary/aromatic N) is 2. The van der Waals surface area contributed by atoms with Crippen LogP contribution in [-0.2, 0) is 4.74 Å². The molecular weight excluding hydrogens is 188 g/mol. The average molecular weight is 216 g/mol. The van der Waals surface area contributed by atoms with E-state index in [9.17, 15) is 0 Å². The van der Waals surface area contributed by atoms with Crippen LogP contribution in [0.3, 0.4) is 0 Å². The highest BCUT2D eigenvalue weighted by Crippen LogP contribution is 2.13. The summed E-state index contributed by atoms with van der Waals surface area (Å²) in [5, 5.41) is 0. The minimum absolute atomic E-state index is 0.770. The fourth-order valence-electron chi connectivity index (χ4n) is 1.85. The topological polar surface area (TPSA) is 15.7 Å². The second kappa shape index (κ2) is 9.13. The summed E-state index contributed by atoms with van der Waals surface area (Å²) in [4.78, 5) is 4.83. The van der Waals surface area contributed by atoms with E-state index >= 15 is 0 Å². The quantitative estimate of drug-likeness (QED) is 0.711. The molecule has 0 aromatic heterocycles. The predicted octanol–water partition coefficient (Wildman–Crippen LogP) is 1.69. The molecular formula is C12H28N2O. The molecule has 0 unspecified atom stereocenters. The van der Waals surface area contributed by atoms with Crippen LogP contribution in [-0.4, -0.2) is 63.3 Å². The van der Waals surface area contributed by atoms with Crippen molar-refractivity contribution < 1.29 is 4.74 Å². The summed E-state index contributed by atoms with van der Waals surface area (Å²) in [6.45, 7) is 8.39. The van der Waals surface area contributed by atoms with Gasteiger partial charge in [-0.25, -0.2) is 0 Å². The van der Waals surface area contributed by atoms with Crippen molar-refractivity contribution in [1.82, 2.24) is 9.80 Å². The zero-order valence-electron chi connectivity index (χ0n) is 11.1. The minimum atomic E-state index is 0.770. The van der Waals surface area contributed by atoms with E-state index in [4.69, 9.17) is 4.74 Å². The first-order valence-electron chi connectivity index (χ1n) is 6.11. The molecule has 1 aliphatic rings. The van der Waals surface area contributed by atoms with Gasteiger partial charge in [-0.1, -0.05) is 13.8 Å². The van der Waals surface area contributed by atoms with Crippen molar-refractivity contribution in [2.24, 2.45) is 0 Å². The zero-order chi connectivity index (χ0) is 11.7. The van der Waals surface area contributed by atoms with Crippen LogP contribution in [0.5, 0.6) is 0 Å².